The molecule has 1 aromatic carbocycles. The third-order valence-electron chi connectivity index (χ3n) is 0.901. The summed E-state index contributed by atoms with van der Waals surface area (Å²) in [5.41, 5.74) is 0.0810. The average Bonchev–Trinajstić information content (AvgIpc) is 1.90. The predicted octanol–water partition coefficient (Wildman–Crippen LogP) is -1.60. The number of rotatable bonds is 1. The average molecular weight is 358 g/mol. The third kappa shape index (κ3) is 4.32. The van der Waals surface area contributed by atoms with Gasteiger partial charge in [0.2, 0.25) is 0 Å². The van der Waals surface area contributed by atoms with Gasteiger partial charge in [0.1, 0.15) is 0 Å². The van der Waals surface area contributed by atoms with Gasteiger partial charge in [-0.15, -0.1) is 0 Å². The van der Waals surface area contributed by atoms with Crippen molar-refractivity contribution in [3.8, 4) is 0 Å². The summed E-state index contributed by atoms with van der Waals surface area (Å²) in [5, 5.41) is 9.99. The molecule has 0 aliphatic carbocycles. The van der Waals surface area contributed by atoms with E-state index in [9.17, 15) is 10.1 Å². The van der Waals surface area contributed by atoms with Crippen LogP contribution in [0.4, 0.5) is 5.69 Å². The maximum absolute atomic E-state index is 9.99. The van der Waals surface area contributed by atoms with Gasteiger partial charge in [-0.05, 0) is 6.07 Å². The van der Waals surface area contributed by atoms with Crippen LogP contribution in [0.25, 0.3) is 0 Å². The van der Waals surface area contributed by atoms with Crippen molar-refractivity contribution in [3.63, 3.8) is 0 Å². The Balaban J connectivity index is 0. The minimum Gasteiger partial charge on any atom is -1.00 e. The third-order valence-corrected chi connectivity index (χ3v) is 0.901. The van der Waals surface area contributed by atoms with Crippen LogP contribution >= 0.6 is 0 Å². The van der Waals surface area contributed by atoms with Crippen molar-refractivity contribution in [3.05, 3.63) is 40.4 Å². The van der Waals surface area contributed by atoms with Crippen molar-refractivity contribution in [1.29, 1.82) is 0 Å². The van der Waals surface area contributed by atoms with E-state index in [4.69, 9.17) is 0 Å². The van der Waals surface area contributed by atoms with E-state index in [1.165, 1.54) is 12.1 Å². The van der Waals surface area contributed by atoms with Crippen molar-refractivity contribution < 1.29 is 45.0 Å². The summed E-state index contributed by atoms with van der Waals surface area (Å²) < 4.78 is 0. The first-order chi connectivity index (χ1) is 4.30. The zero-order valence-electron chi connectivity index (χ0n) is 5.66. The molecule has 5 heteroatoms. The number of benzene rings is 1. The molecule has 0 amide bonds. The van der Waals surface area contributed by atoms with Crippen LogP contribution in [0.15, 0.2) is 24.3 Å². The second-order valence-corrected chi connectivity index (χ2v) is 1.52. The molecule has 0 N–H and O–H groups in total. The molecule has 0 saturated carbocycles. The molecular weight excluding hydrogens is 354 g/mol. The van der Waals surface area contributed by atoms with E-state index < -0.39 is 4.92 Å². The van der Waals surface area contributed by atoms with E-state index in [-0.39, 0.29) is 45.8 Å². The van der Waals surface area contributed by atoms with Gasteiger partial charge in [0.25, 0.3) is 5.69 Å². The summed E-state index contributed by atoms with van der Waals surface area (Å²) >= 11 is 0. The van der Waals surface area contributed by atoms with Gasteiger partial charge in [0, 0.05) is 12.1 Å². The van der Waals surface area contributed by atoms with Crippen molar-refractivity contribution in [2.24, 2.45) is 0 Å². The first-order valence-electron chi connectivity index (χ1n) is 2.41. The van der Waals surface area contributed by atoms with Crippen molar-refractivity contribution >= 4 is 5.69 Å². The number of halogens is 1. The molecule has 54 valence electrons. The maximum atomic E-state index is 9.99. The molecule has 11 heavy (non-hydrogen) atoms. The Morgan fingerprint density at radius 2 is 2.18 bits per heavy atom. The first-order valence-corrected chi connectivity index (χ1v) is 2.41. The van der Waals surface area contributed by atoms with Gasteiger partial charge >= 0.3 is 27.7 Å². The van der Waals surface area contributed by atoms with Gasteiger partial charge in [0.15, 0.2) is 0 Å². The molecule has 0 atom stereocenters. The van der Waals surface area contributed by atoms with E-state index in [0.717, 1.165) is 0 Å². The van der Waals surface area contributed by atoms with Crippen LogP contribution in [0.5, 0.6) is 0 Å². The summed E-state index contributed by atoms with van der Waals surface area (Å²) in [5.74, 6) is 0. The SMILES string of the molecule is O=[N+]([O-])c1c[c]ccc1.[Cl-].[Hg+]. The molecule has 0 spiro atoms. The predicted molar refractivity (Wildman–Crippen MR) is 31.9 cm³/mol. The molecule has 0 aromatic heterocycles. The number of nitrogens with zero attached hydrogens (tertiary/aromatic N) is 1. The molecule has 0 bridgehead atoms. The molecule has 0 aliphatic rings. The molecule has 3 nitrogen and oxygen atoms in total. The van der Waals surface area contributed by atoms with Crippen molar-refractivity contribution in [1.82, 2.24) is 0 Å². The Kier molecular flexibility index (Phi) is 8.00. The minimum absolute atomic E-state index is 0. The molecule has 2 radical (unpaired) electrons. The summed E-state index contributed by atoms with van der Waals surface area (Å²) in [7, 11) is 0. The van der Waals surface area contributed by atoms with Gasteiger partial charge in [-0.2, -0.15) is 0 Å². The molecule has 0 aliphatic heterocycles. The minimum atomic E-state index is -0.448. The number of hydrogen-bond donors (Lipinski definition) is 0. The molecular formula is C6H4ClHgNO2. The zero-order valence-corrected chi connectivity index (χ0v) is 11.9. The molecule has 1 rings (SSSR count). The van der Waals surface area contributed by atoms with Crippen LogP contribution in [-0.4, -0.2) is 4.92 Å². The van der Waals surface area contributed by atoms with E-state index >= 15 is 0 Å². The number of non-ortho nitro benzene ring substituents is 1. The first kappa shape index (κ1) is 13.4. The second-order valence-electron chi connectivity index (χ2n) is 1.52. The Labute approximate surface area is 90.9 Å². The smallest absolute Gasteiger partial charge is 1.00 e. The van der Waals surface area contributed by atoms with E-state index in [0.29, 0.717) is 0 Å². The van der Waals surface area contributed by atoms with Crippen LogP contribution in [0.1, 0.15) is 0 Å². The fraction of sp³-hybridized carbons (Fsp3) is 0. The van der Waals surface area contributed by atoms with Gasteiger partial charge < -0.3 is 12.4 Å². The quantitative estimate of drug-likeness (QED) is 0.345. The molecule has 0 fully saturated rings. The van der Waals surface area contributed by atoms with E-state index in [1.807, 2.05) is 0 Å². The molecule has 0 saturated heterocycles. The van der Waals surface area contributed by atoms with Gasteiger partial charge in [-0.25, -0.2) is 0 Å². The van der Waals surface area contributed by atoms with Gasteiger partial charge in [-0.3, -0.25) is 10.1 Å². The molecule has 0 heterocycles. The summed E-state index contributed by atoms with van der Waals surface area (Å²) in [4.78, 5) is 9.54. The Hall–Kier alpha value is -0.155. The van der Waals surface area contributed by atoms with Crippen LogP contribution < -0.4 is 12.4 Å². The Morgan fingerprint density at radius 1 is 1.55 bits per heavy atom. The Bertz CT molecular complexity index is 217. The molecule has 1 aromatic rings. The van der Waals surface area contributed by atoms with Gasteiger partial charge in [0.05, 0.1) is 4.92 Å². The normalized spacial score (nSPS) is 7.27. The number of nitro groups is 1. The maximum Gasteiger partial charge on any atom is 1.00 e. The van der Waals surface area contributed by atoms with Gasteiger partial charge in [-0.1, -0.05) is 12.1 Å². The summed E-state index contributed by atoms with van der Waals surface area (Å²) in [6.45, 7) is 0. The summed E-state index contributed by atoms with van der Waals surface area (Å²) in [6.07, 6.45) is 0. The van der Waals surface area contributed by atoms with Crippen molar-refractivity contribution in [2.45, 2.75) is 0 Å². The zero-order chi connectivity index (χ0) is 6.69. The van der Waals surface area contributed by atoms with E-state index in [2.05, 4.69) is 6.07 Å². The van der Waals surface area contributed by atoms with Crippen LogP contribution in [0, 0.1) is 16.2 Å². The van der Waals surface area contributed by atoms with Crippen LogP contribution in [-0.2, 0) is 27.7 Å². The fourth-order valence-corrected chi connectivity index (χ4v) is 0.497. The topological polar surface area (TPSA) is 43.1 Å². The number of nitro benzene ring substituents is 1. The van der Waals surface area contributed by atoms with Crippen LogP contribution in [0.3, 0.4) is 0 Å². The van der Waals surface area contributed by atoms with Crippen molar-refractivity contribution in [2.75, 3.05) is 0 Å². The molecule has 0 unspecified atom stereocenters. The number of hydrogen-bond acceptors (Lipinski definition) is 2. The standard InChI is InChI=1S/C6H4NO2.ClH.Hg/c8-7(9)6-4-2-1-3-5-6;;/h1-2,4-5H;1H;/q;;+1/p-1. The van der Waals surface area contributed by atoms with E-state index in [1.54, 1.807) is 12.1 Å². The fourth-order valence-electron chi connectivity index (χ4n) is 0.497. The Morgan fingerprint density at radius 3 is 2.45 bits per heavy atom. The largest absolute Gasteiger partial charge is 1.00 e. The van der Waals surface area contributed by atoms with Crippen LogP contribution in [0.2, 0.25) is 0 Å². The second kappa shape index (κ2) is 6.55. The summed E-state index contributed by atoms with van der Waals surface area (Å²) in [6, 6.07) is 8.56. The monoisotopic (exact) mass is 359 g/mol.